The number of hydrogen-bond donors (Lipinski definition) is 2. The first-order chi connectivity index (χ1) is 9.14. The standard InChI is InChI=1S/C15H23N3O/c1-3-15(4-2)9-10-18(11-15)14(19)12-5-7-13(17-16)8-6-12/h5-8,17H,3-4,9-11,16H2,1-2H3. The Kier molecular flexibility index (Phi) is 4.10. The highest BCUT2D eigenvalue weighted by atomic mass is 16.2. The number of benzene rings is 1. The molecule has 1 amide bonds. The normalized spacial score (nSPS) is 17.5. The lowest BCUT2D eigenvalue weighted by Gasteiger charge is -2.26. The van der Waals surface area contributed by atoms with E-state index in [2.05, 4.69) is 19.3 Å². The van der Waals surface area contributed by atoms with Crippen LogP contribution in [0.25, 0.3) is 0 Å². The van der Waals surface area contributed by atoms with Gasteiger partial charge in [-0.05, 0) is 48.9 Å². The van der Waals surface area contributed by atoms with Crippen LogP contribution in [0.15, 0.2) is 24.3 Å². The number of likely N-dealkylation sites (tertiary alicyclic amines) is 1. The van der Waals surface area contributed by atoms with Crippen molar-refractivity contribution in [3.8, 4) is 0 Å². The molecule has 0 atom stereocenters. The van der Waals surface area contributed by atoms with Crippen molar-refractivity contribution < 1.29 is 4.79 Å². The number of rotatable bonds is 4. The SMILES string of the molecule is CCC1(CC)CCN(C(=O)c2ccc(NN)cc2)C1. The fourth-order valence-corrected chi connectivity index (χ4v) is 2.83. The third kappa shape index (κ3) is 2.73. The first kappa shape index (κ1) is 13.9. The Balaban J connectivity index is 2.08. The number of amides is 1. The summed E-state index contributed by atoms with van der Waals surface area (Å²) in [5, 5.41) is 0. The van der Waals surface area contributed by atoms with Crippen LogP contribution in [-0.4, -0.2) is 23.9 Å². The summed E-state index contributed by atoms with van der Waals surface area (Å²) in [5.41, 5.74) is 4.45. The molecule has 1 aromatic rings. The maximum Gasteiger partial charge on any atom is 0.253 e. The average molecular weight is 261 g/mol. The molecule has 1 fully saturated rings. The minimum Gasteiger partial charge on any atom is -0.338 e. The molecular formula is C15H23N3O. The molecule has 0 unspecified atom stereocenters. The average Bonchev–Trinajstić information content (AvgIpc) is 2.92. The summed E-state index contributed by atoms with van der Waals surface area (Å²) < 4.78 is 0. The third-order valence-electron chi connectivity index (χ3n) is 4.52. The molecule has 1 aromatic carbocycles. The Labute approximate surface area is 114 Å². The maximum absolute atomic E-state index is 12.4. The molecule has 3 N–H and O–H groups in total. The fourth-order valence-electron chi connectivity index (χ4n) is 2.83. The Bertz CT molecular complexity index is 437. The molecule has 4 nitrogen and oxygen atoms in total. The quantitative estimate of drug-likeness (QED) is 0.647. The third-order valence-corrected chi connectivity index (χ3v) is 4.52. The summed E-state index contributed by atoms with van der Waals surface area (Å²) in [6.45, 7) is 6.20. The molecule has 104 valence electrons. The van der Waals surface area contributed by atoms with Gasteiger partial charge < -0.3 is 10.3 Å². The van der Waals surface area contributed by atoms with Gasteiger partial charge in [0.15, 0.2) is 0 Å². The molecule has 1 aliphatic rings. The van der Waals surface area contributed by atoms with E-state index in [0.29, 0.717) is 5.41 Å². The minimum atomic E-state index is 0.132. The molecule has 1 heterocycles. The van der Waals surface area contributed by atoms with Crippen LogP contribution in [0.5, 0.6) is 0 Å². The van der Waals surface area contributed by atoms with E-state index in [1.165, 1.54) is 0 Å². The summed E-state index contributed by atoms with van der Waals surface area (Å²) >= 11 is 0. The Morgan fingerprint density at radius 2 is 1.95 bits per heavy atom. The second-order valence-electron chi connectivity index (χ2n) is 5.41. The number of hydrazine groups is 1. The number of carbonyl (C=O) groups is 1. The summed E-state index contributed by atoms with van der Waals surface area (Å²) in [5.74, 6) is 5.46. The van der Waals surface area contributed by atoms with Crippen LogP contribution in [0.4, 0.5) is 5.69 Å². The van der Waals surface area contributed by atoms with Crippen LogP contribution in [0, 0.1) is 5.41 Å². The van der Waals surface area contributed by atoms with Crippen LogP contribution in [0.1, 0.15) is 43.5 Å². The Morgan fingerprint density at radius 3 is 2.42 bits per heavy atom. The number of nitrogens with zero attached hydrogens (tertiary/aromatic N) is 1. The van der Waals surface area contributed by atoms with E-state index >= 15 is 0 Å². The second kappa shape index (κ2) is 5.61. The van der Waals surface area contributed by atoms with Crippen LogP contribution in [0.2, 0.25) is 0 Å². The van der Waals surface area contributed by atoms with E-state index in [9.17, 15) is 4.79 Å². The van der Waals surface area contributed by atoms with Gasteiger partial charge in [-0.2, -0.15) is 0 Å². The zero-order valence-corrected chi connectivity index (χ0v) is 11.8. The highest BCUT2D eigenvalue weighted by molar-refractivity contribution is 5.94. The van der Waals surface area contributed by atoms with Gasteiger partial charge in [0.2, 0.25) is 0 Å². The molecular weight excluding hydrogens is 238 g/mol. The summed E-state index contributed by atoms with van der Waals surface area (Å²) in [6.07, 6.45) is 3.40. The molecule has 4 heteroatoms. The predicted molar refractivity (Wildman–Crippen MR) is 77.8 cm³/mol. The topological polar surface area (TPSA) is 58.4 Å². The van der Waals surface area contributed by atoms with Gasteiger partial charge in [0.05, 0.1) is 0 Å². The van der Waals surface area contributed by atoms with Crippen LogP contribution < -0.4 is 11.3 Å². The highest BCUT2D eigenvalue weighted by Gasteiger charge is 2.37. The van der Waals surface area contributed by atoms with Gasteiger partial charge in [0, 0.05) is 24.3 Å². The molecule has 0 bridgehead atoms. The summed E-state index contributed by atoms with van der Waals surface area (Å²) in [6, 6.07) is 7.32. The smallest absolute Gasteiger partial charge is 0.253 e. The fraction of sp³-hybridized carbons (Fsp3) is 0.533. The largest absolute Gasteiger partial charge is 0.338 e. The van der Waals surface area contributed by atoms with Gasteiger partial charge in [-0.1, -0.05) is 13.8 Å². The van der Waals surface area contributed by atoms with Crippen LogP contribution in [0.3, 0.4) is 0 Å². The van der Waals surface area contributed by atoms with Crippen molar-refractivity contribution in [2.24, 2.45) is 11.3 Å². The summed E-state index contributed by atoms with van der Waals surface area (Å²) in [7, 11) is 0. The van der Waals surface area contributed by atoms with E-state index in [-0.39, 0.29) is 5.91 Å². The first-order valence-corrected chi connectivity index (χ1v) is 7.00. The number of carbonyl (C=O) groups excluding carboxylic acids is 1. The molecule has 1 saturated heterocycles. The van der Waals surface area contributed by atoms with E-state index in [4.69, 9.17) is 5.84 Å². The number of nitrogen functional groups attached to an aromatic ring is 1. The maximum atomic E-state index is 12.4. The molecule has 0 spiro atoms. The Morgan fingerprint density at radius 1 is 1.32 bits per heavy atom. The van der Waals surface area contributed by atoms with Gasteiger partial charge in [-0.25, -0.2) is 0 Å². The monoisotopic (exact) mass is 261 g/mol. The molecule has 0 radical (unpaired) electrons. The van der Waals surface area contributed by atoms with Crippen molar-refractivity contribution in [1.29, 1.82) is 0 Å². The number of nitrogens with two attached hydrogens (primary N) is 1. The lowest BCUT2D eigenvalue weighted by molar-refractivity contribution is 0.0770. The van der Waals surface area contributed by atoms with E-state index < -0.39 is 0 Å². The van der Waals surface area contributed by atoms with Crippen LogP contribution in [-0.2, 0) is 0 Å². The van der Waals surface area contributed by atoms with Crippen molar-refractivity contribution >= 4 is 11.6 Å². The molecule has 19 heavy (non-hydrogen) atoms. The van der Waals surface area contributed by atoms with Crippen molar-refractivity contribution in [2.75, 3.05) is 18.5 Å². The second-order valence-corrected chi connectivity index (χ2v) is 5.41. The number of anilines is 1. The molecule has 0 saturated carbocycles. The van der Waals surface area contributed by atoms with Gasteiger partial charge in [0.1, 0.15) is 0 Å². The van der Waals surface area contributed by atoms with Crippen LogP contribution >= 0.6 is 0 Å². The van der Waals surface area contributed by atoms with E-state index in [0.717, 1.165) is 43.6 Å². The lowest BCUT2D eigenvalue weighted by Crippen LogP contribution is -2.31. The number of hydrogen-bond acceptors (Lipinski definition) is 3. The van der Waals surface area contributed by atoms with Crippen molar-refractivity contribution in [2.45, 2.75) is 33.1 Å². The highest BCUT2D eigenvalue weighted by Crippen LogP contribution is 2.37. The van der Waals surface area contributed by atoms with E-state index in [1.807, 2.05) is 29.2 Å². The van der Waals surface area contributed by atoms with E-state index in [1.54, 1.807) is 0 Å². The molecule has 2 rings (SSSR count). The van der Waals surface area contributed by atoms with Crippen molar-refractivity contribution in [3.05, 3.63) is 29.8 Å². The zero-order valence-electron chi connectivity index (χ0n) is 11.8. The van der Waals surface area contributed by atoms with Gasteiger partial charge >= 0.3 is 0 Å². The number of nitrogens with one attached hydrogen (secondary N) is 1. The Hall–Kier alpha value is -1.55. The van der Waals surface area contributed by atoms with Gasteiger partial charge in [-0.3, -0.25) is 10.6 Å². The molecule has 1 aliphatic heterocycles. The molecule has 0 aromatic heterocycles. The minimum absolute atomic E-state index is 0.132. The summed E-state index contributed by atoms with van der Waals surface area (Å²) in [4.78, 5) is 14.4. The van der Waals surface area contributed by atoms with Crippen molar-refractivity contribution in [1.82, 2.24) is 4.90 Å². The molecule has 0 aliphatic carbocycles. The predicted octanol–water partition coefficient (Wildman–Crippen LogP) is 2.62. The first-order valence-electron chi connectivity index (χ1n) is 7.00. The zero-order chi connectivity index (χ0) is 13.9. The lowest BCUT2D eigenvalue weighted by atomic mass is 9.82. The van der Waals surface area contributed by atoms with Gasteiger partial charge in [-0.15, -0.1) is 0 Å². The van der Waals surface area contributed by atoms with Crippen molar-refractivity contribution in [3.63, 3.8) is 0 Å². The van der Waals surface area contributed by atoms with Gasteiger partial charge in [0.25, 0.3) is 5.91 Å².